The van der Waals surface area contributed by atoms with E-state index in [0.29, 0.717) is 24.1 Å². The summed E-state index contributed by atoms with van der Waals surface area (Å²) in [5.41, 5.74) is 2.78. The van der Waals surface area contributed by atoms with Gasteiger partial charge in [0.15, 0.2) is 5.82 Å². The molecule has 29 heavy (non-hydrogen) atoms. The number of carbonyl (C=O) groups excluding carboxylic acids is 1. The SMILES string of the molecule is NS(=O)(=O)c1cccc(-c2ccc(CNC3CCCC3=O)cc2)c1-c1nnn[nH]1. The predicted molar refractivity (Wildman–Crippen MR) is 106 cm³/mol. The van der Waals surface area contributed by atoms with Crippen LogP contribution in [0.15, 0.2) is 47.4 Å². The lowest BCUT2D eigenvalue weighted by Gasteiger charge is -2.13. The number of Topliss-reactive ketones (excluding diaryl/α,β-unsaturated/α-hetero) is 1. The molecule has 1 atom stereocenters. The van der Waals surface area contributed by atoms with Crippen molar-refractivity contribution < 1.29 is 13.2 Å². The summed E-state index contributed by atoms with van der Waals surface area (Å²) in [6.45, 7) is 0.590. The number of aromatic amines is 1. The molecule has 1 saturated carbocycles. The van der Waals surface area contributed by atoms with E-state index in [2.05, 4.69) is 25.9 Å². The Balaban J connectivity index is 1.65. The van der Waals surface area contributed by atoms with Gasteiger partial charge in [-0.1, -0.05) is 36.4 Å². The number of aromatic nitrogens is 4. The number of tetrazole rings is 1. The Kier molecular flexibility index (Phi) is 5.22. The predicted octanol–water partition coefficient (Wildman–Crippen LogP) is 1.39. The van der Waals surface area contributed by atoms with Crippen molar-refractivity contribution in [2.24, 2.45) is 5.14 Å². The number of nitrogens with one attached hydrogen (secondary N) is 2. The molecule has 1 aromatic heterocycles. The maximum Gasteiger partial charge on any atom is 0.238 e. The summed E-state index contributed by atoms with van der Waals surface area (Å²) in [7, 11) is -3.98. The topological polar surface area (TPSA) is 144 Å². The first-order chi connectivity index (χ1) is 13.9. The van der Waals surface area contributed by atoms with Crippen molar-refractivity contribution in [3.63, 3.8) is 0 Å². The molecule has 0 aliphatic heterocycles. The highest BCUT2D eigenvalue weighted by molar-refractivity contribution is 7.89. The molecule has 4 N–H and O–H groups in total. The number of sulfonamides is 1. The molecule has 3 aromatic rings. The molecule has 10 heteroatoms. The number of ketones is 1. The third-order valence-corrected chi connectivity index (χ3v) is 5.99. The molecule has 0 amide bonds. The molecule has 1 aliphatic carbocycles. The second kappa shape index (κ2) is 7.82. The quantitative estimate of drug-likeness (QED) is 0.555. The summed E-state index contributed by atoms with van der Waals surface area (Å²) < 4.78 is 24.2. The fraction of sp³-hybridized carbons (Fsp3) is 0.263. The molecule has 0 bridgehead atoms. The molecule has 150 valence electrons. The standard InChI is InChI=1S/C19H20N6O3S/c20-29(27,28)17-6-1-3-14(18(17)19-22-24-25-23-19)13-9-7-12(8-10-13)11-21-15-4-2-5-16(15)26/h1,3,6-10,15,21H,2,4-5,11H2,(H2,20,27,28)(H,22,23,24,25). The lowest BCUT2D eigenvalue weighted by Crippen LogP contribution is -2.31. The molecular formula is C19H20N6O3S. The van der Waals surface area contributed by atoms with Crippen LogP contribution in [0.25, 0.3) is 22.5 Å². The molecule has 0 spiro atoms. The number of nitrogens with two attached hydrogens (primary N) is 1. The van der Waals surface area contributed by atoms with Crippen LogP contribution in [0.3, 0.4) is 0 Å². The van der Waals surface area contributed by atoms with E-state index in [1.54, 1.807) is 12.1 Å². The van der Waals surface area contributed by atoms with Crippen molar-refractivity contribution in [1.82, 2.24) is 25.9 Å². The first-order valence-corrected chi connectivity index (χ1v) is 10.7. The highest BCUT2D eigenvalue weighted by Gasteiger charge is 2.24. The maximum atomic E-state index is 12.1. The molecule has 1 heterocycles. The molecular weight excluding hydrogens is 392 g/mol. The maximum absolute atomic E-state index is 12.1. The minimum Gasteiger partial charge on any atom is -0.303 e. The van der Waals surface area contributed by atoms with Crippen molar-refractivity contribution in [2.75, 3.05) is 0 Å². The Morgan fingerprint density at radius 2 is 1.97 bits per heavy atom. The van der Waals surface area contributed by atoms with Gasteiger partial charge in [-0.05, 0) is 46.0 Å². The van der Waals surface area contributed by atoms with Gasteiger partial charge in [0.1, 0.15) is 5.78 Å². The zero-order chi connectivity index (χ0) is 20.4. The van der Waals surface area contributed by atoms with E-state index in [4.69, 9.17) is 5.14 Å². The summed E-state index contributed by atoms with van der Waals surface area (Å²) >= 11 is 0. The molecule has 1 unspecified atom stereocenters. The zero-order valence-electron chi connectivity index (χ0n) is 15.5. The smallest absolute Gasteiger partial charge is 0.238 e. The van der Waals surface area contributed by atoms with Gasteiger partial charge < -0.3 is 5.32 Å². The van der Waals surface area contributed by atoms with Crippen molar-refractivity contribution in [3.8, 4) is 22.5 Å². The molecule has 4 rings (SSSR count). The van der Waals surface area contributed by atoms with Crippen molar-refractivity contribution >= 4 is 15.8 Å². The summed E-state index contributed by atoms with van der Waals surface area (Å²) in [4.78, 5) is 11.7. The number of H-pyrrole nitrogens is 1. The lowest BCUT2D eigenvalue weighted by molar-refractivity contribution is -0.119. The van der Waals surface area contributed by atoms with Crippen LogP contribution >= 0.6 is 0 Å². The fourth-order valence-corrected chi connectivity index (χ4v) is 4.35. The van der Waals surface area contributed by atoms with Crippen molar-refractivity contribution in [3.05, 3.63) is 48.0 Å². The number of primary sulfonamides is 1. The van der Waals surface area contributed by atoms with E-state index in [1.165, 1.54) is 6.07 Å². The minimum absolute atomic E-state index is 0.0564. The normalized spacial score (nSPS) is 17.0. The first kappa shape index (κ1) is 19.4. The van der Waals surface area contributed by atoms with Crippen LogP contribution in [0, 0.1) is 0 Å². The Morgan fingerprint density at radius 1 is 1.17 bits per heavy atom. The van der Waals surface area contributed by atoms with Crippen LogP contribution in [-0.2, 0) is 21.4 Å². The van der Waals surface area contributed by atoms with Gasteiger partial charge in [0.05, 0.1) is 10.9 Å². The number of benzene rings is 2. The van der Waals surface area contributed by atoms with Gasteiger partial charge in [0.2, 0.25) is 10.0 Å². The number of nitrogens with zero attached hydrogens (tertiary/aromatic N) is 3. The lowest BCUT2D eigenvalue weighted by atomic mass is 9.98. The first-order valence-electron chi connectivity index (χ1n) is 9.19. The summed E-state index contributed by atoms with van der Waals surface area (Å²) in [6.07, 6.45) is 2.47. The van der Waals surface area contributed by atoms with Gasteiger partial charge in [-0.2, -0.15) is 0 Å². The largest absolute Gasteiger partial charge is 0.303 e. The summed E-state index contributed by atoms with van der Waals surface area (Å²) in [5.74, 6) is 0.488. The van der Waals surface area contributed by atoms with Crippen molar-refractivity contribution in [1.29, 1.82) is 0 Å². The van der Waals surface area contributed by atoms with Gasteiger partial charge in [0, 0.05) is 18.5 Å². The van der Waals surface area contributed by atoms with E-state index in [-0.39, 0.29) is 22.5 Å². The number of hydrogen-bond acceptors (Lipinski definition) is 7. The molecule has 2 aromatic carbocycles. The van der Waals surface area contributed by atoms with Gasteiger partial charge in [-0.3, -0.25) is 4.79 Å². The van der Waals surface area contributed by atoms with Crippen LogP contribution in [-0.4, -0.2) is 40.9 Å². The zero-order valence-corrected chi connectivity index (χ0v) is 16.3. The monoisotopic (exact) mass is 412 g/mol. The van der Waals surface area contributed by atoms with E-state index >= 15 is 0 Å². The average Bonchev–Trinajstić information content (AvgIpc) is 3.37. The van der Waals surface area contributed by atoms with Crippen LogP contribution in [0.4, 0.5) is 0 Å². The fourth-order valence-electron chi connectivity index (χ4n) is 3.59. The molecule has 0 saturated heterocycles. The van der Waals surface area contributed by atoms with Gasteiger partial charge in [0.25, 0.3) is 0 Å². The molecule has 0 radical (unpaired) electrons. The second-order valence-electron chi connectivity index (χ2n) is 6.96. The average molecular weight is 412 g/mol. The van der Waals surface area contributed by atoms with E-state index in [0.717, 1.165) is 24.0 Å². The molecule has 9 nitrogen and oxygen atoms in total. The Hall–Kier alpha value is -2.95. The van der Waals surface area contributed by atoms with Crippen LogP contribution in [0.1, 0.15) is 24.8 Å². The second-order valence-corrected chi connectivity index (χ2v) is 8.49. The van der Waals surface area contributed by atoms with Gasteiger partial charge in [-0.25, -0.2) is 18.7 Å². The van der Waals surface area contributed by atoms with E-state index in [1.807, 2.05) is 24.3 Å². The molecule has 1 aliphatic rings. The van der Waals surface area contributed by atoms with Crippen molar-refractivity contribution in [2.45, 2.75) is 36.7 Å². The van der Waals surface area contributed by atoms with Crippen LogP contribution in [0.2, 0.25) is 0 Å². The summed E-state index contributed by atoms with van der Waals surface area (Å²) in [5, 5.41) is 22.3. The summed E-state index contributed by atoms with van der Waals surface area (Å²) in [6, 6.07) is 12.4. The van der Waals surface area contributed by atoms with Gasteiger partial charge in [-0.15, -0.1) is 5.10 Å². The number of carbonyl (C=O) groups is 1. The Labute approximate surface area is 167 Å². The number of hydrogen-bond donors (Lipinski definition) is 3. The Bertz CT molecular complexity index is 1130. The number of rotatable bonds is 6. The van der Waals surface area contributed by atoms with E-state index < -0.39 is 10.0 Å². The highest BCUT2D eigenvalue weighted by Crippen LogP contribution is 2.34. The third kappa shape index (κ3) is 4.09. The Morgan fingerprint density at radius 3 is 2.59 bits per heavy atom. The van der Waals surface area contributed by atoms with Gasteiger partial charge >= 0.3 is 0 Å². The highest BCUT2D eigenvalue weighted by atomic mass is 32.2. The van der Waals surface area contributed by atoms with E-state index in [9.17, 15) is 13.2 Å². The molecule has 1 fully saturated rings. The third-order valence-electron chi connectivity index (χ3n) is 5.04. The minimum atomic E-state index is -3.98. The van der Waals surface area contributed by atoms with Crippen LogP contribution < -0.4 is 10.5 Å². The van der Waals surface area contributed by atoms with Crippen LogP contribution in [0.5, 0.6) is 0 Å².